The van der Waals surface area contributed by atoms with Gasteiger partial charge in [0, 0.05) is 13.6 Å². The lowest BCUT2D eigenvalue weighted by Gasteiger charge is -2.12. The van der Waals surface area contributed by atoms with Gasteiger partial charge in [0.2, 0.25) is 0 Å². The molecule has 0 saturated heterocycles. The van der Waals surface area contributed by atoms with Crippen LogP contribution in [0.25, 0.3) is 0 Å². The topological polar surface area (TPSA) is 84.2 Å². The highest BCUT2D eigenvalue weighted by Crippen LogP contribution is 2.05. The Bertz CT molecular complexity index is 400. The zero-order valence-electron chi connectivity index (χ0n) is 10.0. The number of rotatable bonds is 6. The fraction of sp³-hybridized carbons (Fsp3) is 0.545. The Balaban J connectivity index is 2.52. The van der Waals surface area contributed by atoms with Gasteiger partial charge in [-0.25, -0.2) is 4.98 Å². The molecule has 1 unspecified atom stereocenters. The summed E-state index contributed by atoms with van der Waals surface area (Å²) in [4.78, 5) is 26.4. The first-order chi connectivity index (χ1) is 8.06. The number of carbonyl (C=O) groups excluding carboxylic acids is 1. The summed E-state index contributed by atoms with van der Waals surface area (Å²) >= 11 is 0. The number of aryl methyl sites for hydroxylation is 1. The van der Waals surface area contributed by atoms with Gasteiger partial charge >= 0.3 is 5.97 Å². The zero-order chi connectivity index (χ0) is 12.8. The number of amides is 1. The molecule has 2 N–H and O–H groups in total. The van der Waals surface area contributed by atoms with Gasteiger partial charge in [-0.1, -0.05) is 13.3 Å². The minimum absolute atomic E-state index is 0.146. The molecule has 6 nitrogen and oxygen atoms in total. The van der Waals surface area contributed by atoms with E-state index in [4.69, 9.17) is 5.11 Å². The van der Waals surface area contributed by atoms with Gasteiger partial charge in [0.15, 0.2) is 0 Å². The van der Waals surface area contributed by atoms with Crippen LogP contribution in [0.15, 0.2) is 12.5 Å². The lowest BCUT2D eigenvalue weighted by Crippen LogP contribution is -2.33. The molecule has 0 aliphatic rings. The van der Waals surface area contributed by atoms with Crippen molar-refractivity contribution in [2.45, 2.75) is 19.8 Å². The summed E-state index contributed by atoms with van der Waals surface area (Å²) in [6.07, 6.45) is 4.31. The molecule has 0 bridgehead atoms. The second-order valence-electron chi connectivity index (χ2n) is 3.92. The van der Waals surface area contributed by atoms with Crippen LogP contribution >= 0.6 is 0 Å². The minimum atomic E-state index is -0.878. The lowest BCUT2D eigenvalue weighted by molar-refractivity contribution is -0.141. The summed E-state index contributed by atoms with van der Waals surface area (Å²) in [5.41, 5.74) is 0.422. The third kappa shape index (κ3) is 3.58. The van der Waals surface area contributed by atoms with Crippen LogP contribution in [0.3, 0.4) is 0 Å². The Morgan fingerprint density at radius 1 is 1.59 bits per heavy atom. The molecule has 1 atom stereocenters. The second-order valence-corrected chi connectivity index (χ2v) is 3.92. The summed E-state index contributed by atoms with van der Waals surface area (Å²) < 4.78 is 1.59. The smallest absolute Gasteiger partial charge is 0.308 e. The number of aliphatic carboxylic acids is 1. The Labute approximate surface area is 99.7 Å². The molecule has 0 aromatic carbocycles. The monoisotopic (exact) mass is 239 g/mol. The van der Waals surface area contributed by atoms with E-state index < -0.39 is 11.9 Å². The quantitative estimate of drug-likeness (QED) is 0.763. The molecule has 1 aromatic heterocycles. The van der Waals surface area contributed by atoms with E-state index >= 15 is 0 Å². The Morgan fingerprint density at radius 3 is 2.76 bits per heavy atom. The standard InChI is InChI=1S/C11H17N3O3/c1-3-4-8(11(16)17)5-13-10(15)9-6-12-7-14(9)2/h6-8H,3-5H2,1-2H3,(H,13,15)(H,16,17). The largest absolute Gasteiger partial charge is 0.481 e. The highest BCUT2D eigenvalue weighted by atomic mass is 16.4. The van der Waals surface area contributed by atoms with E-state index in [0.717, 1.165) is 6.42 Å². The summed E-state index contributed by atoms with van der Waals surface area (Å²) in [7, 11) is 1.71. The molecule has 1 heterocycles. The van der Waals surface area contributed by atoms with Crippen molar-refractivity contribution in [3.63, 3.8) is 0 Å². The van der Waals surface area contributed by atoms with Crippen LogP contribution in [0.5, 0.6) is 0 Å². The van der Waals surface area contributed by atoms with Crippen molar-refractivity contribution in [2.24, 2.45) is 13.0 Å². The van der Waals surface area contributed by atoms with Crippen molar-refractivity contribution in [3.8, 4) is 0 Å². The first kappa shape index (κ1) is 13.2. The molecule has 0 saturated carbocycles. The highest BCUT2D eigenvalue weighted by molar-refractivity contribution is 5.92. The van der Waals surface area contributed by atoms with Crippen molar-refractivity contribution >= 4 is 11.9 Å². The van der Waals surface area contributed by atoms with Crippen LogP contribution < -0.4 is 5.32 Å². The van der Waals surface area contributed by atoms with E-state index in [-0.39, 0.29) is 12.5 Å². The van der Waals surface area contributed by atoms with E-state index in [1.165, 1.54) is 12.5 Å². The normalized spacial score (nSPS) is 12.1. The summed E-state index contributed by atoms with van der Waals surface area (Å²) in [6, 6.07) is 0. The van der Waals surface area contributed by atoms with Gasteiger partial charge in [0.05, 0.1) is 18.4 Å². The predicted molar refractivity (Wildman–Crippen MR) is 61.6 cm³/mol. The van der Waals surface area contributed by atoms with E-state index in [9.17, 15) is 9.59 Å². The molecule has 0 spiro atoms. The Morgan fingerprint density at radius 2 is 2.29 bits per heavy atom. The number of carbonyl (C=O) groups is 2. The van der Waals surface area contributed by atoms with Gasteiger partial charge in [-0.2, -0.15) is 0 Å². The van der Waals surface area contributed by atoms with Gasteiger partial charge in [-0.15, -0.1) is 0 Å². The summed E-state index contributed by atoms with van der Waals surface area (Å²) in [5, 5.41) is 11.5. The fourth-order valence-corrected chi connectivity index (χ4v) is 1.54. The predicted octanol–water partition coefficient (Wildman–Crippen LogP) is 0.651. The number of aromatic nitrogens is 2. The van der Waals surface area contributed by atoms with Crippen molar-refractivity contribution in [1.29, 1.82) is 0 Å². The molecule has 0 aliphatic carbocycles. The molecular formula is C11H17N3O3. The molecule has 6 heteroatoms. The van der Waals surface area contributed by atoms with Crippen LogP contribution in [-0.4, -0.2) is 33.1 Å². The second kappa shape index (κ2) is 6.03. The number of nitrogens with one attached hydrogen (secondary N) is 1. The average molecular weight is 239 g/mol. The van der Waals surface area contributed by atoms with E-state index in [1.807, 2.05) is 6.92 Å². The van der Waals surface area contributed by atoms with Crippen molar-refractivity contribution in [1.82, 2.24) is 14.9 Å². The SMILES string of the molecule is CCCC(CNC(=O)c1cncn1C)C(=O)O. The van der Waals surface area contributed by atoms with Crippen molar-refractivity contribution < 1.29 is 14.7 Å². The third-order valence-corrected chi connectivity index (χ3v) is 2.54. The molecule has 94 valence electrons. The lowest BCUT2D eigenvalue weighted by atomic mass is 10.0. The maximum absolute atomic E-state index is 11.7. The molecule has 1 rings (SSSR count). The first-order valence-electron chi connectivity index (χ1n) is 5.53. The van der Waals surface area contributed by atoms with Gasteiger partial charge in [-0.3, -0.25) is 9.59 Å². The number of carboxylic acid groups (broad SMARTS) is 1. The van der Waals surface area contributed by atoms with E-state index in [2.05, 4.69) is 10.3 Å². The average Bonchev–Trinajstić information content (AvgIpc) is 2.69. The molecule has 17 heavy (non-hydrogen) atoms. The summed E-state index contributed by atoms with van der Waals surface area (Å²) in [5.74, 6) is -1.71. The Hall–Kier alpha value is -1.85. The van der Waals surface area contributed by atoms with Crippen LogP contribution in [0, 0.1) is 5.92 Å². The maximum atomic E-state index is 11.7. The zero-order valence-corrected chi connectivity index (χ0v) is 10.0. The van der Waals surface area contributed by atoms with E-state index in [0.29, 0.717) is 12.1 Å². The number of hydrogen-bond donors (Lipinski definition) is 2. The van der Waals surface area contributed by atoms with Crippen LogP contribution in [0.4, 0.5) is 0 Å². The minimum Gasteiger partial charge on any atom is -0.481 e. The number of carboxylic acids is 1. The third-order valence-electron chi connectivity index (χ3n) is 2.54. The van der Waals surface area contributed by atoms with Crippen molar-refractivity contribution in [2.75, 3.05) is 6.54 Å². The highest BCUT2D eigenvalue weighted by Gasteiger charge is 2.18. The van der Waals surface area contributed by atoms with Gasteiger partial charge in [-0.05, 0) is 6.42 Å². The fourth-order valence-electron chi connectivity index (χ4n) is 1.54. The molecule has 0 aliphatic heterocycles. The number of hydrogen-bond acceptors (Lipinski definition) is 3. The number of nitrogens with zero attached hydrogens (tertiary/aromatic N) is 2. The van der Waals surface area contributed by atoms with Crippen LogP contribution in [-0.2, 0) is 11.8 Å². The molecule has 0 fully saturated rings. The van der Waals surface area contributed by atoms with Gasteiger partial charge in [0.1, 0.15) is 5.69 Å². The number of imidazole rings is 1. The Kier molecular flexibility index (Phi) is 4.68. The summed E-state index contributed by atoms with van der Waals surface area (Å²) in [6.45, 7) is 2.06. The van der Waals surface area contributed by atoms with Gasteiger partial charge in [0.25, 0.3) is 5.91 Å². The maximum Gasteiger partial charge on any atom is 0.308 e. The first-order valence-corrected chi connectivity index (χ1v) is 5.53. The van der Waals surface area contributed by atoms with Crippen LogP contribution in [0.1, 0.15) is 30.3 Å². The molecule has 1 aromatic rings. The molecular weight excluding hydrogens is 222 g/mol. The van der Waals surface area contributed by atoms with Gasteiger partial charge < -0.3 is 15.0 Å². The van der Waals surface area contributed by atoms with E-state index in [1.54, 1.807) is 11.6 Å². The van der Waals surface area contributed by atoms with Crippen LogP contribution in [0.2, 0.25) is 0 Å². The molecule has 0 radical (unpaired) electrons. The molecule has 1 amide bonds. The van der Waals surface area contributed by atoms with Crippen molar-refractivity contribution in [3.05, 3.63) is 18.2 Å².